The number of morpholine rings is 1. The van der Waals surface area contributed by atoms with Crippen molar-refractivity contribution in [2.24, 2.45) is 16.1 Å². The zero-order chi connectivity index (χ0) is 12.7. The van der Waals surface area contributed by atoms with Crippen molar-refractivity contribution in [1.29, 1.82) is 0 Å². The second-order valence-corrected chi connectivity index (χ2v) is 5.18. The van der Waals surface area contributed by atoms with Gasteiger partial charge in [-0.15, -0.1) is 0 Å². The van der Waals surface area contributed by atoms with Crippen molar-refractivity contribution in [2.75, 3.05) is 46.6 Å². The lowest BCUT2D eigenvalue weighted by atomic mass is 9.90. The average molecular weight is 243 g/mol. The quantitative estimate of drug-likeness (QED) is 0.570. The summed E-state index contributed by atoms with van der Waals surface area (Å²) in [5, 5.41) is 0. The number of hydrogen-bond acceptors (Lipinski definition) is 3. The Labute approximate surface area is 104 Å². The molecular weight excluding hydrogens is 218 g/mol. The fourth-order valence-corrected chi connectivity index (χ4v) is 1.64. The van der Waals surface area contributed by atoms with Crippen LogP contribution in [0, 0.1) is 5.41 Å². The maximum absolute atomic E-state index is 5.97. The lowest BCUT2D eigenvalue weighted by molar-refractivity contribution is 0.0672. The molecule has 1 saturated heterocycles. The van der Waals surface area contributed by atoms with Crippen molar-refractivity contribution >= 4 is 5.96 Å². The molecule has 0 spiro atoms. The molecule has 100 valence electrons. The molecule has 0 aromatic heterocycles. The molecule has 0 aromatic rings. The van der Waals surface area contributed by atoms with Crippen molar-refractivity contribution in [3.8, 4) is 0 Å². The van der Waals surface area contributed by atoms with Crippen LogP contribution < -0.4 is 5.73 Å². The van der Waals surface area contributed by atoms with Crippen LogP contribution in [0.1, 0.15) is 20.3 Å². The Morgan fingerprint density at radius 1 is 1.41 bits per heavy atom. The largest absolute Gasteiger partial charge is 0.385 e. The Hall–Kier alpha value is -0.810. The minimum Gasteiger partial charge on any atom is -0.385 e. The van der Waals surface area contributed by atoms with Gasteiger partial charge in [0, 0.05) is 33.4 Å². The van der Waals surface area contributed by atoms with E-state index in [1.54, 1.807) is 7.11 Å². The first kappa shape index (κ1) is 14.3. The summed E-state index contributed by atoms with van der Waals surface area (Å²) in [6.45, 7) is 9.03. The molecule has 17 heavy (non-hydrogen) atoms. The molecule has 0 radical (unpaired) electrons. The van der Waals surface area contributed by atoms with Gasteiger partial charge < -0.3 is 20.1 Å². The fraction of sp³-hybridized carbons (Fsp3) is 0.917. The lowest BCUT2D eigenvalue weighted by Gasteiger charge is -2.29. The number of nitrogens with zero attached hydrogens (tertiary/aromatic N) is 2. The second kappa shape index (κ2) is 6.81. The van der Waals surface area contributed by atoms with Crippen molar-refractivity contribution in [3.63, 3.8) is 0 Å². The van der Waals surface area contributed by atoms with Gasteiger partial charge in [-0.05, 0) is 11.8 Å². The van der Waals surface area contributed by atoms with Gasteiger partial charge >= 0.3 is 0 Å². The molecule has 0 bridgehead atoms. The van der Waals surface area contributed by atoms with E-state index in [1.165, 1.54) is 0 Å². The second-order valence-electron chi connectivity index (χ2n) is 5.18. The van der Waals surface area contributed by atoms with Crippen LogP contribution in [0.25, 0.3) is 0 Å². The average Bonchev–Trinajstić information content (AvgIpc) is 2.35. The van der Waals surface area contributed by atoms with Gasteiger partial charge in [-0.3, -0.25) is 4.99 Å². The molecule has 2 N–H and O–H groups in total. The van der Waals surface area contributed by atoms with Crippen LogP contribution in [0.3, 0.4) is 0 Å². The smallest absolute Gasteiger partial charge is 0.191 e. The van der Waals surface area contributed by atoms with E-state index in [-0.39, 0.29) is 5.41 Å². The summed E-state index contributed by atoms with van der Waals surface area (Å²) in [5.74, 6) is 0.638. The molecule has 0 atom stereocenters. The zero-order valence-electron chi connectivity index (χ0n) is 11.2. The number of guanidine groups is 1. The molecule has 0 unspecified atom stereocenters. The van der Waals surface area contributed by atoms with Gasteiger partial charge in [-0.1, -0.05) is 13.8 Å². The Morgan fingerprint density at radius 2 is 2.06 bits per heavy atom. The normalized spacial score (nSPS) is 18.5. The standard InChI is InChI=1S/C12H25N3O2/c1-12(2,4-7-16-3)10-14-11(13)15-5-8-17-9-6-15/h4-10H2,1-3H3,(H2,13,14). The van der Waals surface area contributed by atoms with E-state index in [2.05, 4.69) is 23.7 Å². The number of nitrogens with two attached hydrogens (primary N) is 1. The zero-order valence-corrected chi connectivity index (χ0v) is 11.2. The topological polar surface area (TPSA) is 60.1 Å². The number of methoxy groups -OCH3 is 1. The third-order valence-corrected chi connectivity index (χ3v) is 2.99. The molecule has 1 aliphatic rings. The third kappa shape index (κ3) is 5.37. The monoisotopic (exact) mass is 243 g/mol. The molecule has 1 heterocycles. The minimum atomic E-state index is 0.132. The Bertz CT molecular complexity index is 248. The molecule has 0 amide bonds. The maximum atomic E-state index is 5.97. The summed E-state index contributed by atoms with van der Waals surface area (Å²) < 4.78 is 10.4. The number of rotatable bonds is 5. The SMILES string of the molecule is COCCC(C)(C)CN=C(N)N1CCOCC1. The molecule has 5 nitrogen and oxygen atoms in total. The van der Waals surface area contributed by atoms with Gasteiger partial charge in [0.15, 0.2) is 5.96 Å². The molecule has 1 fully saturated rings. The van der Waals surface area contributed by atoms with Crippen LogP contribution >= 0.6 is 0 Å². The number of hydrogen-bond donors (Lipinski definition) is 1. The summed E-state index contributed by atoms with van der Waals surface area (Å²) in [6, 6.07) is 0. The molecule has 1 rings (SSSR count). The van der Waals surface area contributed by atoms with Gasteiger partial charge in [-0.2, -0.15) is 0 Å². The van der Waals surface area contributed by atoms with E-state index >= 15 is 0 Å². The molecule has 0 aromatic carbocycles. The predicted molar refractivity (Wildman–Crippen MR) is 69.2 cm³/mol. The highest BCUT2D eigenvalue weighted by molar-refractivity contribution is 5.78. The molecule has 5 heteroatoms. The first-order valence-electron chi connectivity index (χ1n) is 6.17. The van der Waals surface area contributed by atoms with Gasteiger partial charge in [0.2, 0.25) is 0 Å². The van der Waals surface area contributed by atoms with Crippen LogP contribution in [0.2, 0.25) is 0 Å². The number of ether oxygens (including phenoxy) is 2. The van der Waals surface area contributed by atoms with Crippen LogP contribution in [-0.4, -0.2) is 57.4 Å². The fourth-order valence-electron chi connectivity index (χ4n) is 1.64. The summed E-state index contributed by atoms with van der Waals surface area (Å²) in [5.41, 5.74) is 6.11. The van der Waals surface area contributed by atoms with E-state index in [0.29, 0.717) is 5.96 Å². The summed E-state index contributed by atoms with van der Waals surface area (Å²) in [7, 11) is 1.72. The van der Waals surface area contributed by atoms with Gasteiger partial charge in [-0.25, -0.2) is 0 Å². The van der Waals surface area contributed by atoms with E-state index < -0.39 is 0 Å². The molecular formula is C12H25N3O2. The van der Waals surface area contributed by atoms with Crippen LogP contribution in [0.5, 0.6) is 0 Å². The van der Waals surface area contributed by atoms with Crippen molar-refractivity contribution in [2.45, 2.75) is 20.3 Å². The highest BCUT2D eigenvalue weighted by Crippen LogP contribution is 2.20. The lowest BCUT2D eigenvalue weighted by Crippen LogP contribution is -2.45. The van der Waals surface area contributed by atoms with Crippen molar-refractivity contribution < 1.29 is 9.47 Å². The Kier molecular flexibility index (Phi) is 5.71. The van der Waals surface area contributed by atoms with E-state index in [0.717, 1.165) is 45.9 Å². The third-order valence-electron chi connectivity index (χ3n) is 2.99. The highest BCUT2D eigenvalue weighted by atomic mass is 16.5. The van der Waals surface area contributed by atoms with E-state index in [9.17, 15) is 0 Å². The van der Waals surface area contributed by atoms with Crippen LogP contribution in [-0.2, 0) is 9.47 Å². The van der Waals surface area contributed by atoms with Crippen molar-refractivity contribution in [1.82, 2.24) is 4.90 Å². The summed E-state index contributed by atoms with van der Waals surface area (Å²) >= 11 is 0. The highest BCUT2D eigenvalue weighted by Gasteiger charge is 2.18. The van der Waals surface area contributed by atoms with Crippen LogP contribution in [0.4, 0.5) is 0 Å². The van der Waals surface area contributed by atoms with Gasteiger partial charge in [0.1, 0.15) is 0 Å². The van der Waals surface area contributed by atoms with Gasteiger partial charge in [0.05, 0.1) is 13.2 Å². The van der Waals surface area contributed by atoms with Crippen molar-refractivity contribution in [3.05, 3.63) is 0 Å². The minimum absolute atomic E-state index is 0.132. The van der Waals surface area contributed by atoms with E-state index in [4.69, 9.17) is 15.2 Å². The van der Waals surface area contributed by atoms with Crippen LogP contribution in [0.15, 0.2) is 4.99 Å². The summed E-state index contributed by atoms with van der Waals surface area (Å²) in [4.78, 5) is 6.56. The predicted octanol–water partition coefficient (Wildman–Crippen LogP) is 0.696. The summed E-state index contributed by atoms with van der Waals surface area (Å²) in [6.07, 6.45) is 0.989. The van der Waals surface area contributed by atoms with E-state index in [1.807, 2.05) is 0 Å². The first-order valence-corrected chi connectivity index (χ1v) is 6.17. The Balaban J connectivity index is 2.39. The number of aliphatic imine (C=N–C) groups is 1. The Morgan fingerprint density at radius 3 is 2.65 bits per heavy atom. The van der Waals surface area contributed by atoms with Gasteiger partial charge in [0.25, 0.3) is 0 Å². The molecule has 0 saturated carbocycles. The first-order chi connectivity index (χ1) is 8.05. The molecule has 1 aliphatic heterocycles. The molecule has 0 aliphatic carbocycles. The maximum Gasteiger partial charge on any atom is 0.191 e.